The summed E-state index contributed by atoms with van der Waals surface area (Å²) in [6.07, 6.45) is 3.39. The number of methoxy groups -OCH3 is 2. The van der Waals surface area contributed by atoms with E-state index in [1.54, 1.807) is 0 Å². The van der Waals surface area contributed by atoms with Gasteiger partial charge in [-0.3, -0.25) is 0 Å². The van der Waals surface area contributed by atoms with Crippen LogP contribution in [0.3, 0.4) is 0 Å². The van der Waals surface area contributed by atoms with Crippen molar-refractivity contribution in [3.05, 3.63) is 64.3 Å². The van der Waals surface area contributed by atoms with E-state index >= 15 is 0 Å². The van der Waals surface area contributed by atoms with Gasteiger partial charge in [-0.2, -0.15) is 5.10 Å². The Morgan fingerprint density at radius 2 is 1.62 bits per heavy atom. The second kappa shape index (κ2) is 9.56. The maximum absolute atomic E-state index is 12.9. The number of nitrogens with zero attached hydrogens (tertiary/aromatic N) is 3. The van der Waals surface area contributed by atoms with Crippen LogP contribution >= 0.6 is 15.9 Å². The van der Waals surface area contributed by atoms with Crippen molar-refractivity contribution in [3.8, 4) is 16.9 Å². The number of carbonyl (C=O) groups is 2. The highest BCUT2D eigenvalue weighted by Crippen LogP contribution is 2.38. The minimum Gasteiger partial charge on any atom is -0.465 e. The molecule has 0 bridgehead atoms. The molecule has 0 unspecified atom stereocenters. The molecule has 0 radical (unpaired) electrons. The summed E-state index contributed by atoms with van der Waals surface area (Å²) in [5, 5.41) is 4.75. The Bertz CT molecular complexity index is 1140. The molecular formula is C24H24BrN3O4. The van der Waals surface area contributed by atoms with Crippen molar-refractivity contribution < 1.29 is 19.1 Å². The first-order valence-electron chi connectivity index (χ1n) is 10.4. The van der Waals surface area contributed by atoms with Crippen LogP contribution in [0.1, 0.15) is 40.1 Å². The number of halogens is 1. The van der Waals surface area contributed by atoms with Gasteiger partial charge in [-0.25, -0.2) is 14.3 Å². The van der Waals surface area contributed by atoms with Gasteiger partial charge >= 0.3 is 11.9 Å². The van der Waals surface area contributed by atoms with Crippen LogP contribution in [0.4, 0.5) is 5.69 Å². The van der Waals surface area contributed by atoms with Gasteiger partial charge in [0, 0.05) is 28.8 Å². The van der Waals surface area contributed by atoms with Crippen LogP contribution in [0, 0.1) is 0 Å². The van der Waals surface area contributed by atoms with E-state index in [-0.39, 0.29) is 11.3 Å². The molecule has 1 saturated heterocycles. The molecule has 1 fully saturated rings. The van der Waals surface area contributed by atoms with E-state index in [2.05, 4.69) is 20.8 Å². The Kier molecular flexibility index (Phi) is 6.60. The maximum Gasteiger partial charge on any atom is 0.357 e. The summed E-state index contributed by atoms with van der Waals surface area (Å²) in [6, 6.07) is 15.0. The van der Waals surface area contributed by atoms with Gasteiger partial charge in [0.1, 0.15) is 11.3 Å². The monoisotopic (exact) mass is 497 g/mol. The van der Waals surface area contributed by atoms with E-state index < -0.39 is 11.9 Å². The van der Waals surface area contributed by atoms with Crippen LogP contribution in [0.15, 0.2) is 53.0 Å². The Balaban J connectivity index is 2.00. The van der Waals surface area contributed by atoms with Crippen molar-refractivity contribution in [1.29, 1.82) is 0 Å². The van der Waals surface area contributed by atoms with E-state index in [9.17, 15) is 9.59 Å². The zero-order valence-corrected chi connectivity index (χ0v) is 19.6. The zero-order chi connectivity index (χ0) is 22.7. The third kappa shape index (κ3) is 4.14. The molecule has 1 aliphatic heterocycles. The molecule has 1 aliphatic rings. The van der Waals surface area contributed by atoms with Crippen molar-refractivity contribution in [3.63, 3.8) is 0 Å². The van der Waals surface area contributed by atoms with Gasteiger partial charge in [0.05, 0.1) is 19.9 Å². The lowest BCUT2D eigenvalue weighted by Gasteiger charge is -2.30. The molecule has 1 aromatic heterocycles. The molecule has 0 spiro atoms. The van der Waals surface area contributed by atoms with Crippen molar-refractivity contribution in [2.75, 3.05) is 32.2 Å². The van der Waals surface area contributed by atoms with Crippen LogP contribution < -0.4 is 4.90 Å². The van der Waals surface area contributed by atoms with Crippen molar-refractivity contribution in [1.82, 2.24) is 9.78 Å². The summed E-state index contributed by atoms with van der Waals surface area (Å²) in [5.74, 6) is -1.31. The third-order valence-electron chi connectivity index (χ3n) is 5.57. The number of piperidine rings is 1. The Morgan fingerprint density at radius 3 is 2.28 bits per heavy atom. The number of anilines is 1. The summed E-state index contributed by atoms with van der Waals surface area (Å²) in [6.45, 7) is 1.83. The second-order valence-electron chi connectivity index (χ2n) is 7.51. The Labute approximate surface area is 195 Å². The Hall–Kier alpha value is -3.13. The minimum atomic E-state index is -0.662. The van der Waals surface area contributed by atoms with Gasteiger partial charge in [-0.05, 0) is 49.6 Å². The predicted molar refractivity (Wildman–Crippen MR) is 125 cm³/mol. The summed E-state index contributed by atoms with van der Waals surface area (Å²) in [4.78, 5) is 28.1. The number of rotatable bonds is 5. The summed E-state index contributed by atoms with van der Waals surface area (Å²) in [7, 11) is 2.57. The molecule has 0 atom stereocenters. The topological polar surface area (TPSA) is 73.7 Å². The molecule has 2 aromatic carbocycles. The number of ether oxygens (including phenoxy) is 2. The van der Waals surface area contributed by atoms with Crippen molar-refractivity contribution in [2.24, 2.45) is 0 Å². The number of carbonyl (C=O) groups excluding carboxylic acids is 2. The van der Waals surface area contributed by atoms with Crippen LogP contribution in [0.2, 0.25) is 0 Å². The van der Waals surface area contributed by atoms with Gasteiger partial charge in [0.15, 0.2) is 5.69 Å². The molecule has 0 saturated carbocycles. The molecule has 2 heterocycles. The van der Waals surface area contributed by atoms with Crippen LogP contribution in [0.5, 0.6) is 0 Å². The van der Waals surface area contributed by atoms with Crippen LogP contribution in [-0.4, -0.2) is 49.0 Å². The maximum atomic E-state index is 12.9. The average molecular weight is 498 g/mol. The number of esters is 2. The summed E-state index contributed by atoms with van der Waals surface area (Å²) < 4.78 is 12.5. The highest BCUT2D eigenvalue weighted by atomic mass is 79.9. The van der Waals surface area contributed by atoms with Crippen LogP contribution in [0.25, 0.3) is 16.9 Å². The molecule has 0 aliphatic carbocycles. The average Bonchev–Trinajstić information content (AvgIpc) is 3.24. The molecule has 4 rings (SSSR count). The number of para-hydroxylation sites is 1. The van der Waals surface area contributed by atoms with E-state index in [0.29, 0.717) is 11.4 Å². The predicted octanol–water partition coefficient (Wildman–Crippen LogP) is 4.87. The highest BCUT2D eigenvalue weighted by Gasteiger charge is 2.32. The first-order chi connectivity index (χ1) is 15.5. The SMILES string of the molecule is COC(=O)c1c(-c2ccc(Br)cc2N2CCCCC2)nn(-c2ccccc2)c1C(=O)OC. The largest absolute Gasteiger partial charge is 0.465 e. The standard InChI is InChI=1S/C24H24BrN3O4/c1-31-23(29)20-21(18-12-11-16(25)15-19(18)27-13-7-4-8-14-27)26-28(22(20)24(30)32-2)17-9-5-3-6-10-17/h3,5-6,9-12,15H,4,7-8,13-14H2,1-2H3. The van der Waals surface area contributed by atoms with E-state index in [1.807, 2.05) is 48.5 Å². The lowest BCUT2D eigenvalue weighted by atomic mass is 10.0. The molecular weight excluding hydrogens is 474 g/mol. The number of aromatic nitrogens is 2. The van der Waals surface area contributed by atoms with Gasteiger partial charge in [0.2, 0.25) is 0 Å². The molecule has 0 amide bonds. The first kappa shape index (κ1) is 22.1. The molecule has 32 heavy (non-hydrogen) atoms. The van der Waals surface area contributed by atoms with Gasteiger partial charge in [-0.15, -0.1) is 0 Å². The van der Waals surface area contributed by atoms with Crippen LogP contribution in [-0.2, 0) is 9.47 Å². The second-order valence-corrected chi connectivity index (χ2v) is 8.43. The molecule has 0 N–H and O–H groups in total. The van der Waals surface area contributed by atoms with E-state index in [0.717, 1.165) is 41.7 Å². The van der Waals surface area contributed by atoms with Crippen molar-refractivity contribution in [2.45, 2.75) is 19.3 Å². The normalized spacial score (nSPS) is 13.7. The molecule has 7 nitrogen and oxygen atoms in total. The Morgan fingerprint density at radius 1 is 0.938 bits per heavy atom. The lowest BCUT2D eigenvalue weighted by molar-refractivity contribution is 0.0549. The third-order valence-corrected chi connectivity index (χ3v) is 6.06. The summed E-state index contributed by atoms with van der Waals surface area (Å²) in [5.41, 5.74) is 2.86. The van der Waals surface area contributed by atoms with Gasteiger partial charge in [0.25, 0.3) is 0 Å². The zero-order valence-electron chi connectivity index (χ0n) is 18.0. The number of hydrogen-bond acceptors (Lipinski definition) is 6. The van der Waals surface area contributed by atoms with Crippen molar-refractivity contribution >= 4 is 33.6 Å². The quantitative estimate of drug-likeness (QED) is 0.468. The van der Waals surface area contributed by atoms with E-state index in [1.165, 1.54) is 25.3 Å². The number of hydrogen-bond donors (Lipinski definition) is 0. The van der Waals surface area contributed by atoms with Gasteiger partial charge < -0.3 is 14.4 Å². The number of benzene rings is 2. The molecule has 8 heteroatoms. The molecule has 166 valence electrons. The van der Waals surface area contributed by atoms with Gasteiger partial charge in [-0.1, -0.05) is 34.1 Å². The molecule has 3 aromatic rings. The fraction of sp³-hybridized carbons (Fsp3) is 0.292. The first-order valence-corrected chi connectivity index (χ1v) is 11.2. The summed E-state index contributed by atoms with van der Waals surface area (Å²) >= 11 is 3.57. The highest BCUT2D eigenvalue weighted by molar-refractivity contribution is 9.10. The fourth-order valence-electron chi connectivity index (χ4n) is 4.04. The van der Waals surface area contributed by atoms with E-state index in [4.69, 9.17) is 14.6 Å². The fourth-order valence-corrected chi connectivity index (χ4v) is 4.39. The minimum absolute atomic E-state index is 0.0352. The lowest BCUT2D eigenvalue weighted by Crippen LogP contribution is -2.29. The smallest absolute Gasteiger partial charge is 0.357 e.